The summed E-state index contributed by atoms with van der Waals surface area (Å²) in [6, 6.07) is 5.36. The normalized spacial score (nSPS) is 25.1. The van der Waals surface area contributed by atoms with E-state index in [2.05, 4.69) is 4.98 Å². The maximum atomic E-state index is 12.6. The van der Waals surface area contributed by atoms with Gasteiger partial charge < -0.3 is 13.9 Å². The molecule has 5 heteroatoms. The topological polar surface area (TPSA) is 61.6 Å². The van der Waals surface area contributed by atoms with E-state index in [1.807, 2.05) is 13.0 Å². The molecule has 122 valence electrons. The molecule has 2 aliphatic carbocycles. The second-order valence-corrected chi connectivity index (χ2v) is 6.55. The largest absolute Gasteiger partial charge is 0.458 e. The van der Waals surface area contributed by atoms with Crippen molar-refractivity contribution in [3.8, 4) is 0 Å². The minimum absolute atomic E-state index is 0.0384. The van der Waals surface area contributed by atoms with Crippen molar-refractivity contribution in [3.05, 3.63) is 29.7 Å². The average molecular weight is 315 g/mol. The van der Waals surface area contributed by atoms with Gasteiger partial charge in [-0.3, -0.25) is 0 Å². The number of fused-ring (bicyclic) bond motifs is 1. The third-order valence-corrected chi connectivity index (χ3v) is 5.36. The standard InChI is InChI=1S/C18H21NO4/c1-3-21-14-10-15(18(14)8-5-9-18)23-17(20)12-6-4-7-13-16(12)19-11(2)22-13/h4,6-7,14-15H,3,5,8-10H2,1-2H3/t14-,15+/m1/s1. The Bertz CT molecular complexity index is 747. The number of hydrogen-bond acceptors (Lipinski definition) is 5. The highest BCUT2D eigenvalue weighted by molar-refractivity contribution is 6.01. The van der Waals surface area contributed by atoms with Crippen molar-refractivity contribution >= 4 is 17.1 Å². The number of ether oxygens (including phenoxy) is 2. The highest BCUT2D eigenvalue weighted by Gasteiger charge is 2.61. The number of esters is 1. The highest BCUT2D eigenvalue weighted by atomic mass is 16.6. The van der Waals surface area contributed by atoms with Gasteiger partial charge in [0.25, 0.3) is 0 Å². The smallest absolute Gasteiger partial charge is 0.340 e. The van der Waals surface area contributed by atoms with Gasteiger partial charge in [-0.25, -0.2) is 9.78 Å². The number of para-hydroxylation sites is 1. The molecular weight excluding hydrogens is 294 g/mol. The van der Waals surface area contributed by atoms with Crippen LogP contribution in [-0.4, -0.2) is 29.8 Å². The molecule has 0 radical (unpaired) electrons. The van der Waals surface area contributed by atoms with Gasteiger partial charge in [0.2, 0.25) is 0 Å². The summed E-state index contributed by atoms with van der Waals surface area (Å²) < 4.78 is 17.1. The van der Waals surface area contributed by atoms with Crippen LogP contribution in [0.2, 0.25) is 0 Å². The molecule has 2 atom stereocenters. The van der Waals surface area contributed by atoms with Gasteiger partial charge in [-0.15, -0.1) is 0 Å². The van der Waals surface area contributed by atoms with Crippen molar-refractivity contribution in [2.75, 3.05) is 6.61 Å². The summed E-state index contributed by atoms with van der Waals surface area (Å²) in [4.78, 5) is 16.9. The summed E-state index contributed by atoms with van der Waals surface area (Å²) in [5.74, 6) is 0.242. The molecular formula is C18H21NO4. The summed E-state index contributed by atoms with van der Waals surface area (Å²) in [5.41, 5.74) is 1.74. The Morgan fingerprint density at radius 2 is 2.22 bits per heavy atom. The van der Waals surface area contributed by atoms with E-state index in [-0.39, 0.29) is 23.6 Å². The van der Waals surface area contributed by atoms with Crippen molar-refractivity contribution in [2.24, 2.45) is 5.41 Å². The number of benzene rings is 1. The maximum Gasteiger partial charge on any atom is 0.340 e. The Morgan fingerprint density at radius 3 is 2.91 bits per heavy atom. The second-order valence-electron chi connectivity index (χ2n) is 6.55. The molecule has 2 fully saturated rings. The molecule has 2 saturated carbocycles. The van der Waals surface area contributed by atoms with Crippen LogP contribution in [-0.2, 0) is 9.47 Å². The number of aromatic nitrogens is 1. The lowest BCUT2D eigenvalue weighted by molar-refractivity contribution is -0.224. The van der Waals surface area contributed by atoms with Gasteiger partial charge in [-0.1, -0.05) is 12.5 Å². The van der Waals surface area contributed by atoms with Crippen LogP contribution in [0.5, 0.6) is 0 Å². The summed E-state index contributed by atoms with van der Waals surface area (Å²) in [6.07, 6.45) is 4.36. The average Bonchev–Trinajstić information content (AvgIpc) is 2.84. The van der Waals surface area contributed by atoms with E-state index in [1.165, 1.54) is 6.42 Å². The Kier molecular flexibility index (Phi) is 3.41. The Morgan fingerprint density at radius 1 is 1.39 bits per heavy atom. The molecule has 1 aromatic carbocycles. The lowest BCUT2D eigenvalue weighted by atomic mass is 9.52. The van der Waals surface area contributed by atoms with Crippen LogP contribution >= 0.6 is 0 Å². The van der Waals surface area contributed by atoms with Crippen molar-refractivity contribution in [1.29, 1.82) is 0 Å². The third-order valence-electron chi connectivity index (χ3n) is 5.36. The van der Waals surface area contributed by atoms with Gasteiger partial charge in [-0.2, -0.15) is 0 Å². The minimum atomic E-state index is -0.310. The number of aryl methyl sites for hydroxylation is 1. The number of oxazole rings is 1. The fourth-order valence-electron chi connectivity index (χ4n) is 3.96. The van der Waals surface area contributed by atoms with Crippen LogP contribution in [0.4, 0.5) is 0 Å². The van der Waals surface area contributed by atoms with Crippen molar-refractivity contribution in [1.82, 2.24) is 4.98 Å². The van der Waals surface area contributed by atoms with Gasteiger partial charge in [0, 0.05) is 25.4 Å². The molecule has 4 rings (SSSR count). The minimum Gasteiger partial charge on any atom is -0.458 e. The van der Waals surface area contributed by atoms with E-state index in [4.69, 9.17) is 13.9 Å². The molecule has 1 spiro atoms. The lowest BCUT2D eigenvalue weighted by Crippen LogP contribution is -2.63. The number of carbonyl (C=O) groups excluding carboxylic acids is 1. The molecule has 0 N–H and O–H groups in total. The Balaban J connectivity index is 1.54. The maximum absolute atomic E-state index is 12.6. The monoisotopic (exact) mass is 315 g/mol. The zero-order chi connectivity index (χ0) is 16.0. The fraction of sp³-hybridized carbons (Fsp3) is 0.556. The molecule has 0 saturated heterocycles. The van der Waals surface area contributed by atoms with Crippen LogP contribution in [0.1, 0.15) is 48.9 Å². The molecule has 1 aromatic heterocycles. The number of hydrogen-bond donors (Lipinski definition) is 0. The summed E-state index contributed by atoms with van der Waals surface area (Å²) in [6.45, 7) is 4.50. The van der Waals surface area contributed by atoms with Gasteiger partial charge in [-0.05, 0) is 31.9 Å². The van der Waals surface area contributed by atoms with Gasteiger partial charge in [0.1, 0.15) is 11.6 Å². The van der Waals surface area contributed by atoms with E-state index in [0.717, 1.165) is 19.3 Å². The summed E-state index contributed by atoms with van der Waals surface area (Å²) in [7, 11) is 0. The predicted molar refractivity (Wildman–Crippen MR) is 84.3 cm³/mol. The number of nitrogens with zero attached hydrogens (tertiary/aromatic N) is 1. The van der Waals surface area contributed by atoms with Crippen molar-refractivity contribution in [2.45, 2.75) is 51.7 Å². The van der Waals surface area contributed by atoms with Gasteiger partial charge >= 0.3 is 5.97 Å². The van der Waals surface area contributed by atoms with Crippen LogP contribution in [0.3, 0.4) is 0 Å². The molecule has 2 aromatic rings. The third kappa shape index (κ3) is 2.17. The quantitative estimate of drug-likeness (QED) is 0.806. The molecule has 2 aliphatic rings. The molecule has 23 heavy (non-hydrogen) atoms. The van der Waals surface area contributed by atoms with Crippen LogP contribution < -0.4 is 0 Å². The second kappa shape index (κ2) is 5.34. The van der Waals surface area contributed by atoms with Crippen molar-refractivity contribution < 1.29 is 18.7 Å². The zero-order valence-corrected chi connectivity index (χ0v) is 13.5. The lowest BCUT2D eigenvalue weighted by Gasteiger charge is -2.59. The molecule has 1 heterocycles. The van der Waals surface area contributed by atoms with Crippen LogP contribution in [0, 0.1) is 12.3 Å². The molecule has 0 unspecified atom stereocenters. The van der Waals surface area contributed by atoms with Crippen LogP contribution in [0.15, 0.2) is 22.6 Å². The highest BCUT2D eigenvalue weighted by Crippen LogP contribution is 2.58. The molecule has 0 aliphatic heterocycles. The van der Waals surface area contributed by atoms with E-state index < -0.39 is 0 Å². The Labute approximate surface area is 135 Å². The first kappa shape index (κ1) is 14.7. The number of carbonyl (C=O) groups is 1. The molecule has 5 nitrogen and oxygen atoms in total. The fourth-order valence-corrected chi connectivity index (χ4v) is 3.96. The zero-order valence-electron chi connectivity index (χ0n) is 13.5. The summed E-state index contributed by atoms with van der Waals surface area (Å²) in [5, 5.41) is 0. The molecule has 0 amide bonds. The van der Waals surface area contributed by atoms with E-state index in [9.17, 15) is 4.79 Å². The van der Waals surface area contributed by atoms with Crippen molar-refractivity contribution in [3.63, 3.8) is 0 Å². The summed E-state index contributed by atoms with van der Waals surface area (Å²) >= 11 is 0. The molecule has 0 bridgehead atoms. The number of rotatable bonds is 4. The first-order valence-electron chi connectivity index (χ1n) is 8.33. The Hall–Kier alpha value is -1.88. The SMILES string of the molecule is CCO[C@@H]1C[C@H](OC(=O)c2cccc3oc(C)nc23)C12CCC2. The first-order chi connectivity index (χ1) is 11.1. The predicted octanol–water partition coefficient (Wildman–Crippen LogP) is 3.64. The van der Waals surface area contributed by atoms with Gasteiger partial charge in [0.05, 0.1) is 11.7 Å². The van der Waals surface area contributed by atoms with E-state index in [0.29, 0.717) is 29.2 Å². The first-order valence-corrected chi connectivity index (χ1v) is 8.33. The van der Waals surface area contributed by atoms with Gasteiger partial charge in [0.15, 0.2) is 11.5 Å². The van der Waals surface area contributed by atoms with Crippen LogP contribution in [0.25, 0.3) is 11.1 Å². The van der Waals surface area contributed by atoms with E-state index in [1.54, 1.807) is 19.1 Å². The van der Waals surface area contributed by atoms with E-state index >= 15 is 0 Å².